The first kappa shape index (κ1) is 21.0. The van der Waals surface area contributed by atoms with Crippen LogP contribution in [0.4, 0.5) is 24.5 Å². The van der Waals surface area contributed by atoms with Gasteiger partial charge in [0.1, 0.15) is 5.75 Å². The standard InChI is InChI=1S/C22H25F3N2O2/c1-15(2)14-29-18-7-5-6-16(12-18)21(28)26-19-13-17(22(23,24)25)8-9-20(19)27-10-3-4-11-27/h5-9,12-13,15H,3-4,10-11,14H2,1-2H3,(H,26,28). The molecule has 0 saturated carbocycles. The number of hydrogen-bond donors (Lipinski definition) is 1. The summed E-state index contributed by atoms with van der Waals surface area (Å²) in [5, 5.41) is 2.67. The summed E-state index contributed by atoms with van der Waals surface area (Å²) in [7, 11) is 0. The van der Waals surface area contributed by atoms with Crippen molar-refractivity contribution in [2.24, 2.45) is 5.92 Å². The lowest BCUT2D eigenvalue weighted by Gasteiger charge is -2.23. The van der Waals surface area contributed by atoms with E-state index in [1.54, 1.807) is 24.3 Å². The number of ether oxygens (including phenoxy) is 1. The van der Waals surface area contributed by atoms with Gasteiger partial charge in [0, 0.05) is 18.7 Å². The summed E-state index contributed by atoms with van der Waals surface area (Å²) in [6.07, 6.45) is -2.53. The zero-order valence-electron chi connectivity index (χ0n) is 16.6. The fraction of sp³-hybridized carbons (Fsp3) is 0.409. The number of anilines is 2. The Labute approximate surface area is 168 Å². The van der Waals surface area contributed by atoms with Gasteiger partial charge in [0.15, 0.2) is 0 Å². The Hall–Kier alpha value is -2.70. The first-order valence-corrected chi connectivity index (χ1v) is 9.74. The molecular weight excluding hydrogens is 381 g/mol. The fourth-order valence-corrected chi connectivity index (χ4v) is 3.23. The van der Waals surface area contributed by atoms with Gasteiger partial charge in [-0.05, 0) is 55.2 Å². The first-order valence-electron chi connectivity index (χ1n) is 9.74. The highest BCUT2D eigenvalue weighted by Gasteiger charge is 2.32. The van der Waals surface area contributed by atoms with Gasteiger partial charge >= 0.3 is 6.18 Å². The average Bonchev–Trinajstić information content (AvgIpc) is 3.20. The molecule has 1 aliphatic rings. The SMILES string of the molecule is CC(C)COc1cccc(C(=O)Nc2cc(C(F)(F)F)ccc2N2CCCC2)c1. The highest BCUT2D eigenvalue weighted by molar-refractivity contribution is 6.06. The molecule has 0 spiro atoms. The highest BCUT2D eigenvalue weighted by Crippen LogP contribution is 2.36. The molecule has 0 aliphatic carbocycles. The van der Waals surface area contributed by atoms with E-state index in [4.69, 9.17) is 4.74 Å². The van der Waals surface area contributed by atoms with Crippen LogP contribution in [0, 0.1) is 5.92 Å². The molecule has 0 atom stereocenters. The number of carbonyl (C=O) groups excluding carboxylic acids is 1. The topological polar surface area (TPSA) is 41.6 Å². The summed E-state index contributed by atoms with van der Waals surface area (Å²) in [6.45, 7) is 6.06. The van der Waals surface area contributed by atoms with Gasteiger partial charge in [0.25, 0.3) is 5.91 Å². The van der Waals surface area contributed by atoms with Crippen LogP contribution in [0.5, 0.6) is 5.75 Å². The van der Waals surface area contributed by atoms with Gasteiger partial charge in [-0.2, -0.15) is 13.2 Å². The number of amides is 1. The molecule has 3 rings (SSSR count). The molecule has 0 bridgehead atoms. The molecule has 1 amide bonds. The molecule has 0 aromatic heterocycles. The van der Waals surface area contributed by atoms with Crippen LogP contribution in [0.1, 0.15) is 42.6 Å². The molecule has 0 radical (unpaired) electrons. The molecule has 2 aromatic rings. The number of hydrogen-bond acceptors (Lipinski definition) is 3. The van der Waals surface area contributed by atoms with Gasteiger partial charge in [-0.1, -0.05) is 19.9 Å². The van der Waals surface area contributed by atoms with Crippen LogP contribution in [-0.4, -0.2) is 25.6 Å². The Bertz CT molecular complexity index is 859. The molecular formula is C22H25F3N2O2. The quantitative estimate of drug-likeness (QED) is 0.680. The predicted molar refractivity (Wildman–Crippen MR) is 108 cm³/mol. The normalized spacial score (nSPS) is 14.3. The monoisotopic (exact) mass is 406 g/mol. The second-order valence-electron chi connectivity index (χ2n) is 7.61. The molecule has 0 unspecified atom stereocenters. The Kier molecular flexibility index (Phi) is 6.35. The van der Waals surface area contributed by atoms with Crippen LogP contribution in [0.15, 0.2) is 42.5 Å². The van der Waals surface area contributed by atoms with E-state index in [0.29, 0.717) is 29.5 Å². The third-order valence-electron chi connectivity index (χ3n) is 4.70. The minimum atomic E-state index is -4.48. The smallest absolute Gasteiger partial charge is 0.416 e. The zero-order chi connectivity index (χ0) is 21.0. The van der Waals surface area contributed by atoms with E-state index in [9.17, 15) is 18.0 Å². The van der Waals surface area contributed by atoms with Crippen molar-refractivity contribution >= 4 is 17.3 Å². The Morgan fingerprint density at radius 3 is 2.52 bits per heavy atom. The summed E-state index contributed by atoms with van der Waals surface area (Å²) in [5.41, 5.74) is 0.317. The van der Waals surface area contributed by atoms with Crippen molar-refractivity contribution in [1.29, 1.82) is 0 Å². The van der Waals surface area contributed by atoms with E-state index < -0.39 is 17.6 Å². The number of carbonyl (C=O) groups is 1. The molecule has 29 heavy (non-hydrogen) atoms. The number of benzene rings is 2. The van der Waals surface area contributed by atoms with Crippen molar-refractivity contribution in [3.05, 3.63) is 53.6 Å². The summed E-state index contributed by atoms with van der Waals surface area (Å²) in [4.78, 5) is 14.8. The molecule has 1 N–H and O–H groups in total. The third kappa shape index (κ3) is 5.43. The van der Waals surface area contributed by atoms with Crippen molar-refractivity contribution < 1.29 is 22.7 Å². The maximum Gasteiger partial charge on any atom is 0.416 e. The van der Waals surface area contributed by atoms with E-state index in [2.05, 4.69) is 5.32 Å². The average molecular weight is 406 g/mol. The van der Waals surface area contributed by atoms with E-state index in [0.717, 1.165) is 38.1 Å². The number of nitrogens with one attached hydrogen (secondary N) is 1. The van der Waals surface area contributed by atoms with Crippen LogP contribution in [0.2, 0.25) is 0 Å². The van der Waals surface area contributed by atoms with Gasteiger partial charge in [0.2, 0.25) is 0 Å². The zero-order valence-corrected chi connectivity index (χ0v) is 16.6. The highest BCUT2D eigenvalue weighted by atomic mass is 19.4. The fourth-order valence-electron chi connectivity index (χ4n) is 3.23. The van der Waals surface area contributed by atoms with Crippen LogP contribution in [0.3, 0.4) is 0 Å². The van der Waals surface area contributed by atoms with Crippen molar-refractivity contribution in [3.8, 4) is 5.75 Å². The largest absolute Gasteiger partial charge is 0.493 e. The molecule has 156 valence electrons. The lowest BCUT2D eigenvalue weighted by molar-refractivity contribution is -0.137. The van der Waals surface area contributed by atoms with Crippen molar-refractivity contribution in [2.75, 3.05) is 29.9 Å². The summed E-state index contributed by atoms with van der Waals surface area (Å²) in [6, 6.07) is 10.2. The van der Waals surface area contributed by atoms with Gasteiger partial charge < -0.3 is 15.0 Å². The second kappa shape index (κ2) is 8.76. The lowest BCUT2D eigenvalue weighted by atomic mass is 10.1. The number of rotatable bonds is 6. The minimum Gasteiger partial charge on any atom is -0.493 e. The Balaban J connectivity index is 1.85. The molecule has 7 heteroatoms. The maximum atomic E-state index is 13.2. The van der Waals surface area contributed by atoms with E-state index in [1.165, 1.54) is 6.07 Å². The van der Waals surface area contributed by atoms with Gasteiger partial charge in [-0.25, -0.2) is 0 Å². The molecule has 4 nitrogen and oxygen atoms in total. The second-order valence-corrected chi connectivity index (χ2v) is 7.61. The molecule has 1 fully saturated rings. The number of nitrogens with zero attached hydrogens (tertiary/aromatic N) is 1. The minimum absolute atomic E-state index is 0.167. The van der Waals surface area contributed by atoms with Crippen molar-refractivity contribution in [3.63, 3.8) is 0 Å². The maximum absolute atomic E-state index is 13.2. The van der Waals surface area contributed by atoms with Gasteiger partial charge in [0.05, 0.1) is 23.5 Å². The number of alkyl halides is 3. The van der Waals surface area contributed by atoms with Crippen LogP contribution in [-0.2, 0) is 6.18 Å². The van der Waals surface area contributed by atoms with E-state index in [1.807, 2.05) is 18.7 Å². The first-order chi connectivity index (χ1) is 13.7. The van der Waals surface area contributed by atoms with Crippen LogP contribution >= 0.6 is 0 Å². The van der Waals surface area contributed by atoms with Crippen LogP contribution < -0.4 is 15.0 Å². The number of halogens is 3. The molecule has 1 aliphatic heterocycles. The summed E-state index contributed by atoms with van der Waals surface area (Å²) >= 11 is 0. The molecule has 1 saturated heterocycles. The van der Waals surface area contributed by atoms with Gasteiger partial charge in [-0.3, -0.25) is 4.79 Å². The van der Waals surface area contributed by atoms with Crippen molar-refractivity contribution in [2.45, 2.75) is 32.9 Å². The Morgan fingerprint density at radius 2 is 1.86 bits per heavy atom. The third-order valence-corrected chi connectivity index (χ3v) is 4.70. The lowest BCUT2D eigenvalue weighted by Crippen LogP contribution is -2.22. The summed E-state index contributed by atoms with van der Waals surface area (Å²) in [5.74, 6) is 0.413. The van der Waals surface area contributed by atoms with Crippen molar-refractivity contribution in [1.82, 2.24) is 0 Å². The van der Waals surface area contributed by atoms with E-state index in [-0.39, 0.29) is 5.69 Å². The predicted octanol–water partition coefficient (Wildman–Crippen LogP) is 5.59. The van der Waals surface area contributed by atoms with E-state index >= 15 is 0 Å². The van der Waals surface area contributed by atoms with Gasteiger partial charge in [-0.15, -0.1) is 0 Å². The Morgan fingerprint density at radius 1 is 1.14 bits per heavy atom. The van der Waals surface area contributed by atoms with Crippen LogP contribution in [0.25, 0.3) is 0 Å². The summed E-state index contributed by atoms with van der Waals surface area (Å²) < 4.78 is 45.2. The molecule has 2 aromatic carbocycles. The molecule has 1 heterocycles.